The third-order valence-electron chi connectivity index (χ3n) is 5.82. The zero-order valence-corrected chi connectivity index (χ0v) is 21.8. The third-order valence-corrected chi connectivity index (χ3v) is 7.07. The Hall–Kier alpha value is -3.55. The van der Waals surface area contributed by atoms with Gasteiger partial charge in [0.2, 0.25) is 0 Å². The van der Waals surface area contributed by atoms with Crippen molar-refractivity contribution >= 4 is 45.0 Å². The summed E-state index contributed by atoms with van der Waals surface area (Å²) in [5.74, 6) is 1.85. The van der Waals surface area contributed by atoms with E-state index in [0.29, 0.717) is 45.6 Å². The highest BCUT2D eigenvalue weighted by Gasteiger charge is 2.14. The van der Waals surface area contributed by atoms with Crippen LogP contribution in [0.3, 0.4) is 0 Å². The summed E-state index contributed by atoms with van der Waals surface area (Å²) in [6.07, 6.45) is 2.48. The SMILES string of the molecule is COc1cc(/C=c2\sc3nc4ccccc4n3c2=O)cc(Cl)c1OCCCOc1ccc(C)cc1C. The molecule has 5 rings (SSSR count). The molecule has 36 heavy (non-hydrogen) atoms. The van der Waals surface area contributed by atoms with Crippen LogP contribution in [0.1, 0.15) is 23.1 Å². The smallest absolute Gasteiger partial charge is 0.274 e. The maximum Gasteiger partial charge on any atom is 0.274 e. The molecule has 8 heteroatoms. The van der Waals surface area contributed by atoms with Crippen LogP contribution in [0.5, 0.6) is 17.2 Å². The zero-order chi connectivity index (χ0) is 25.2. The van der Waals surface area contributed by atoms with Gasteiger partial charge in [-0.3, -0.25) is 4.79 Å². The van der Waals surface area contributed by atoms with Crippen LogP contribution in [0.4, 0.5) is 0 Å². The van der Waals surface area contributed by atoms with E-state index < -0.39 is 0 Å². The number of ether oxygens (including phenoxy) is 3. The van der Waals surface area contributed by atoms with Gasteiger partial charge in [-0.25, -0.2) is 9.38 Å². The van der Waals surface area contributed by atoms with Crippen molar-refractivity contribution in [3.63, 3.8) is 0 Å². The van der Waals surface area contributed by atoms with Crippen LogP contribution in [0.25, 0.3) is 22.1 Å². The fraction of sp³-hybridized carbons (Fsp3) is 0.214. The van der Waals surface area contributed by atoms with E-state index in [1.54, 1.807) is 23.7 Å². The van der Waals surface area contributed by atoms with Crippen LogP contribution in [-0.2, 0) is 0 Å². The van der Waals surface area contributed by atoms with Crippen LogP contribution in [-0.4, -0.2) is 29.7 Å². The van der Waals surface area contributed by atoms with Crippen molar-refractivity contribution < 1.29 is 14.2 Å². The molecule has 184 valence electrons. The molecule has 3 aromatic carbocycles. The molecule has 0 atom stereocenters. The number of benzene rings is 3. The lowest BCUT2D eigenvalue weighted by molar-refractivity contribution is 0.240. The minimum atomic E-state index is -0.108. The quantitative estimate of drug-likeness (QED) is 0.250. The van der Waals surface area contributed by atoms with Crippen LogP contribution in [0.15, 0.2) is 59.4 Å². The van der Waals surface area contributed by atoms with Gasteiger partial charge in [-0.2, -0.15) is 0 Å². The molecule has 0 amide bonds. The summed E-state index contributed by atoms with van der Waals surface area (Å²) in [4.78, 5) is 18.3. The van der Waals surface area contributed by atoms with E-state index in [1.807, 2.05) is 49.4 Å². The summed E-state index contributed by atoms with van der Waals surface area (Å²) < 4.78 is 19.6. The first-order valence-electron chi connectivity index (χ1n) is 11.6. The molecule has 0 aliphatic rings. The van der Waals surface area contributed by atoms with E-state index in [0.717, 1.165) is 27.9 Å². The molecule has 0 aliphatic carbocycles. The van der Waals surface area contributed by atoms with E-state index in [9.17, 15) is 4.79 Å². The van der Waals surface area contributed by atoms with Gasteiger partial charge in [0.15, 0.2) is 16.5 Å². The van der Waals surface area contributed by atoms with Crippen molar-refractivity contribution in [2.75, 3.05) is 20.3 Å². The molecule has 0 fully saturated rings. The van der Waals surface area contributed by atoms with E-state index in [1.165, 1.54) is 16.9 Å². The second kappa shape index (κ2) is 10.2. The number of nitrogens with zero attached hydrogens (tertiary/aromatic N) is 2. The van der Waals surface area contributed by atoms with Gasteiger partial charge in [-0.1, -0.05) is 52.8 Å². The summed E-state index contributed by atoms with van der Waals surface area (Å²) >= 11 is 7.89. The number of fused-ring (bicyclic) bond motifs is 3. The number of aryl methyl sites for hydroxylation is 2. The third kappa shape index (κ3) is 4.76. The Balaban J connectivity index is 1.31. The Morgan fingerprint density at radius 1 is 1.03 bits per heavy atom. The minimum absolute atomic E-state index is 0.108. The lowest BCUT2D eigenvalue weighted by Crippen LogP contribution is -2.22. The van der Waals surface area contributed by atoms with Crippen molar-refractivity contribution in [3.05, 3.63) is 91.2 Å². The number of halogens is 1. The Bertz CT molecular complexity index is 1680. The molecular weight excluding hydrogens is 496 g/mol. The van der Waals surface area contributed by atoms with Crippen molar-refractivity contribution in [3.8, 4) is 17.2 Å². The normalized spacial score (nSPS) is 11.9. The Morgan fingerprint density at radius 2 is 1.83 bits per heavy atom. The molecule has 0 saturated heterocycles. The standard InChI is InChI=1S/C28H25ClN2O4S/c1-17-9-10-23(18(2)13-17)34-11-6-12-35-26-20(29)14-19(15-24(26)33-3)16-25-27(32)31-22-8-5-4-7-21(22)30-28(31)36-25/h4-5,7-10,13-16H,6,11-12H2,1-3H3/b25-16-. The van der Waals surface area contributed by atoms with E-state index >= 15 is 0 Å². The molecule has 5 aromatic rings. The molecule has 0 radical (unpaired) electrons. The van der Waals surface area contributed by atoms with Crippen molar-refractivity contribution in [2.24, 2.45) is 0 Å². The lowest BCUT2D eigenvalue weighted by atomic mass is 10.1. The van der Waals surface area contributed by atoms with Crippen molar-refractivity contribution in [1.29, 1.82) is 0 Å². The summed E-state index contributed by atoms with van der Waals surface area (Å²) in [5, 5.41) is 0.412. The first kappa shape index (κ1) is 24.2. The van der Waals surface area contributed by atoms with Gasteiger partial charge in [0.25, 0.3) is 5.56 Å². The average Bonchev–Trinajstić information content (AvgIpc) is 3.36. The van der Waals surface area contributed by atoms with Crippen LogP contribution < -0.4 is 24.3 Å². The predicted octanol–water partition coefficient (Wildman–Crippen LogP) is 5.58. The monoisotopic (exact) mass is 520 g/mol. The fourth-order valence-corrected chi connectivity index (χ4v) is 5.36. The number of thiazole rings is 1. The second-order valence-corrected chi connectivity index (χ2v) is 9.90. The van der Waals surface area contributed by atoms with Crippen LogP contribution in [0.2, 0.25) is 5.02 Å². The Kier molecular flexibility index (Phi) is 6.85. The minimum Gasteiger partial charge on any atom is -0.493 e. The number of aromatic nitrogens is 2. The fourth-order valence-electron chi connectivity index (χ4n) is 4.10. The van der Waals surface area contributed by atoms with E-state index in [4.69, 9.17) is 25.8 Å². The lowest BCUT2D eigenvalue weighted by Gasteiger charge is -2.14. The molecule has 0 aliphatic heterocycles. The predicted molar refractivity (Wildman–Crippen MR) is 145 cm³/mol. The number of imidazole rings is 1. The average molecular weight is 521 g/mol. The topological polar surface area (TPSA) is 62.1 Å². The molecule has 0 saturated carbocycles. The first-order chi connectivity index (χ1) is 17.4. The largest absolute Gasteiger partial charge is 0.493 e. The summed E-state index contributed by atoms with van der Waals surface area (Å²) in [6.45, 7) is 5.04. The molecule has 6 nitrogen and oxygen atoms in total. The van der Waals surface area contributed by atoms with Crippen molar-refractivity contribution in [2.45, 2.75) is 20.3 Å². The number of rotatable bonds is 8. The number of methoxy groups -OCH3 is 1. The maximum absolute atomic E-state index is 13.1. The molecule has 0 bridgehead atoms. The molecule has 0 N–H and O–H groups in total. The van der Waals surface area contributed by atoms with Gasteiger partial charge in [0, 0.05) is 6.42 Å². The summed E-state index contributed by atoms with van der Waals surface area (Å²) in [7, 11) is 1.57. The highest BCUT2D eigenvalue weighted by atomic mass is 35.5. The van der Waals surface area contributed by atoms with Gasteiger partial charge in [-0.15, -0.1) is 0 Å². The number of hydrogen-bond acceptors (Lipinski definition) is 6. The first-order valence-corrected chi connectivity index (χ1v) is 12.8. The zero-order valence-electron chi connectivity index (χ0n) is 20.2. The van der Waals surface area contributed by atoms with Crippen molar-refractivity contribution in [1.82, 2.24) is 9.38 Å². The number of para-hydroxylation sites is 2. The number of hydrogen-bond donors (Lipinski definition) is 0. The Morgan fingerprint density at radius 3 is 2.64 bits per heavy atom. The van der Waals surface area contributed by atoms with Gasteiger partial charge < -0.3 is 14.2 Å². The molecule has 2 heterocycles. The van der Waals surface area contributed by atoms with E-state index in [-0.39, 0.29) is 5.56 Å². The van der Waals surface area contributed by atoms with E-state index in [2.05, 4.69) is 18.0 Å². The molecule has 0 unspecified atom stereocenters. The summed E-state index contributed by atoms with van der Waals surface area (Å²) in [6, 6.07) is 17.3. The highest BCUT2D eigenvalue weighted by molar-refractivity contribution is 7.15. The van der Waals surface area contributed by atoms with Gasteiger partial charge >= 0.3 is 0 Å². The Labute approximate surface area is 217 Å². The van der Waals surface area contributed by atoms with Gasteiger partial charge in [-0.05, 0) is 61.4 Å². The highest BCUT2D eigenvalue weighted by Crippen LogP contribution is 2.36. The molecule has 2 aromatic heterocycles. The van der Waals surface area contributed by atoms with Gasteiger partial charge in [0.1, 0.15) is 5.75 Å². The maximum atomic E-state index is 13.1. The van der Waals surface area contributed by atoms with Gasteiger partial charge in [0.05, 0.1) is 40.9 Å². The molecular formula is C28H25ClN2O4S. The van der Waals surface area contributed by atoms with Crippen LogP contribution >= 0.6 is 22.9 Å². The summed E-state index contributed by atoms with van der Waals surface area (Å²) in [5.41, 5.74) is 4.56. The van der Waals surface area contributed by atoms with Crippen LogP contribution in [0, 0.1) is 13.8 Å². The second-order valence-electron chi connectivity index (χ2n) is 8.49. The molecule has 0 spiro atoms.